The van der Waals surface area contributed by atoms with E-state index in [0.717, 1.165) is 12.0 Å². The Hall–Kier alpha value is -0.0600. The molecule has 0 radical (unpaired) electrons. The Morgan fingerprint density at radius 2 is 2.19 bits per heavy atom. The zero-order chi connectivity index (χ0) is 11.1. The third kappa shape index (κ3) is 5.87. The summed E-state index contributed by atoms with van der Waals surface area (Å²) < 4.78 is 0. The van der Waals surface area contributed by atoms with Gasteiger partial charge in [0.2, 0.25) is 0 Å². The molecule has 0 atom stereocenters. The third-order valence-corrected chi connectivity index (χ3v) is 2.23. The van der Waals surface area contributed by atoms with Crippen LogP contribution >= 0.6 is 11.6 Å². The van der Waals surface area contributed by atoms with Crippen LogP contribution in [0.2, 0.25) is 5.02 Å². The topological polar surface area (TPSA) is 38.3 Å². The monoisotopic (exact) mass is 251 g/mol. The molecule has 0 saturated heterocycles. The number of carbonyl (C=O) groups excluding carboxylic acids is 1. The van der Waals surface area contributed by atoms with Gasteiger partial charge < -0.3 is 6.26 Å². The molecule has 16 heavy (non-hydrogen) atoms. The molecule has 84 valence electrons. The maximum absolute atomic E-state index is 11.0. The Morgan fingerprint density at radius 1 is 1.50 bits per heavy atom. The maximum atomic E-state index is 11.0. The van der Waals surface area contributed by atoms with Crippen LogP contribution in [0.25, 0.3) is 0 Å². The van der Waals surface area contributed by atoms with Crippen LogP contribution in [0.1, 0.15) is 26.8 Å². The maximum Gasteiger partial charge on any atom is 1.00 e. The zero-order valence-corrected chi connectivity index (χ0v) is 12.4. The summed E-state index contributed by atoms with van der Waals surface area (Å²) in [5, 5.41) is 0.663. The molecule has 0 unspecified atom stereocenters. The molecule has 0 aliphatic rings. The van der Waals surface area contributed by atoms with Gasteiger partial charge in [-0.15, -0.1) is 5.48 Å². The summed E-state index contributed by atoms with van der Waals surface area (Å²) in [6.07, 6.45) is 1.21. The van der Waals surface area contributed by atoms with Crippen LogP contribution in [0, 0.1) is 0 Å². The molecule has 0 aliphatic heterocycles. The van der Waals surface area contributed by atoms with E-state index >= 15 is 0 Å². The van der Waals surface area contributed by atoms with Crippen LogP contribution in [-0.2, 0) is 16.2 Å². The van der Waals surface area contributed by atoms with E-state index in [4.69, 9.17) is 16.4 Å². The van der Waals surface area contributed by atoms with Crippen LogP contribution in [0.5, 0.6) is 0 Å². The van der Waals surface area contributed by atoms with Crippen molar-refractivity contribution in [3.63, 3.8) is 0 Å². The molecule has 1 aromatic rings. The van der Waals surface area contributed by atoms with E-state index in [0.29, 0.717) is 18.0 Å². The molecule has 0 aliphatic carbocycles. The molecule has 1 aromatic carbocycles. The molecular weight excluding hydrogens is 237 g/mol. The van der Waals surface area contributed by atoms with E-state index in [2.05, 4.69) is 5.48 Å². The Bertz CT molecular complexity index is 339. The van der Waals surface area contributed by atoms with Gasteiger partial charge in [-0.25, -0.2) is 0 Å². The fraction of sp³-hybridized carbons (Fsp3) is 0.364. The first-order chi connectivity index (χ1) is 7.24. The summed E-state index contributed by atoms with van der Waals surface area (Å²) in [5.74, 6) is -0.246. The Morgan fingerprint density at radius 3 is 2.81 bits per heavy atom. The van der Waals surface area contributed by atoms with Gasteiger partial charge >= 0.3 is 35.5 Å². The third-order valence-electron chi connectivity index (χ3n) is 1.86. The predicted octanol–water partition coefficient (Wildman–Crippen LogP) is -0.196. The van der Waals surface area contributed by atoms with Gasteiger partial charge in [-0.05, 0) is 18.1 Å². The van der Waals surface area contributed by atoms with Gasteiger partial charge in [-0.3, -0.25) is 4.79 Å². The zero-order valence-electron chi connectivity index (χ0n) is 10.6. The second-order valence-corrected chi connectivity index (χ2v) is 3.54. The van der Waals surface area contributed by atoms with E-state index in [1.165, 1.54) is 0 Å². The van der Waals surface area contributed by atoms with Crippen molar-refractivity contribution in [2.75, 3.05) is 0 Å². The number of hydrogen-bond donors (Lipinski definition) is 1. The Balaban J connectivity index is 0. The van der Waals surface area contributed by atoms with Gasteiger partial charge in [-0.2, -0.15) is 0 Å². The molecular formula is C11H15ClNNaO2. The van der Waals surface area contributed by atoms with Crippen molar-refractivity contribution in [1.82, 2.24) is 5.48 Å². The summed E-state index contributed by atoms with van der Waals surface area (Å²) in [7, 11) is 0. The van der Waals surface area contributed by atoms with Crippen molar-refractivity contribution in [3.8, 4) is 0 Å². The van der Waals surface area contributed by atoms with Crippen molar-refractivity contribution in [2.45, 2.75) is 26.3 Å². The molecule has 0 heterocycles. The van der Waals surface area contributed by atoms with Crippen molar-refractivity contribution in [1.29, 1.82) is 0 Å². The molecule has 1 rings (SSSR count). The van der Waals surface area contributed by atoms with Crippen LogP contribution in [0.4, 0.5) is 0 Å². The first-order valence-corrected chi connectivity index (χ1v) is 5.27. The fourth-order valence-corrected chi connectivity index (χ4v) is 1.29. The number of benzene rings is 1. The quantitative estimate of drug-likeness (QED) is 0.582. The van der Waals surface area contributed by atoms with Crippen LogP contribution in [-0.4, -0.2) is 5.97 Å². The fourth-order valence-electron chi connectivity index (χ4n) is 1.09. The number of hydroxylamine groups is 1. The summed E-state index contributed by atoms with van der Waals surface area (Å²) in [5.41, 5.74) is 3.50. The summed E-state index contributed by atoms with van der Waals surface area (Å²) in [4.78, 5) is 15.8. The van der Waals surface area contributed by atoms with Crippen LogP contribution in [0.3, 0.4) is 0 Å². The summed E-state index contributed by atoms with van der Waals surface area (Å²) in [6.45, 7) is 2.35. The average molecular weight is 252 g/mol. The van der Waals surface area contributed by atoms with Gasteiger partial charge in [0.1, 0.15) is 0 Å². The normalized spacial score (nSPS) is 9.38. The van der Waals surface area contributed by atoms with Crippen molar-refractivity contribution < 1.29 is 40.6 Å². The smallest absolute Gasteiger partial charge is 1.00 e. The van der Waals surface area contributed by atoms with Gasteiger partial charge in [0.15, 0.2) is 0 Å². The molecule has 1 N–H and O–H groups in total. The molecule has 0 spiro atoms. The molecule has 5 heteroatoms. The number of halogens is 1. The van der Waals surface area contributed by atoms with Crippen LogP contribution < -0.4 is 35.0 Å². The Labute approximate surface area is 124 Å². The number of nitrogens with one attached hydrogen (secondary N) is 1. The molecule has 0 amide bonds. The van der Waals surface area contributed by atoms with Gasteiger partial charge in [0, 0.05) is 11.4 Å². The van der Waals surface area contributed by atoms with Crippen molar-refractivity contribution in [2.24, 2.45) is 0 Å². The first-order valence-electron chi connectivity index (χ1n) is 4.90. The molecule has 0 fully saturated rings. The van der Waals surface area contributed by atoms with Gasteiger partial charge in [-0.1, -0.05) is 36.7 Å². The summed E-state index contributed by atoms with van der Waals surface area (Å²) in [6, 6.07) is 7.42. The van der Waals surface area contributed by atoms with Crippen LogP contribution in [0.15, 0.2) is 24.3 Å². The van der Waals surface area contributed by atoms with E-state index in [1.807, 2.05) is 25.1 Å². The van der Waals surface area contributed by atoms with Gasteiger partial charge in [0.05, 0.1) is 6.54 Å². The Kier molecular flexibility index (Phi) is 8.99. The van der Waals surface area contributed by atoms with E-state index in [9.17, 15) is 4.79 Å². The number of hydrogen-bond acceptors (Lipinski definition) is 3. The number of carbonyl (C=O) groups is 1. The van der Waals surface area contributed by atoms with Crippen molar-refractivity contribution >= 4 is 17.6 Å². The summed E-state index contributed by atoms with van der Waals surface area (Å²) >= 11 is 5.92. The van der Waals surface area contributed by atoms with Crippen molar-refractivity contribution in [3.05, 3.63) is 34.9 Å². The van der Waals surface area contributed by atoms with E-state index in [-0.39, 0.29) is 37.0 Å². The standard InChI is InChI=1S/C11H14ClNO2.Na.H/c1-2-5-11(14)15-13-8-9-6-3-4-7-10(9)12;;/h3-4,6-7,13H,2,5,8H2,1H3;;/q;+1;-1. The first kappa shape index (κ1) is 15.9. The molecule has 3 nitrogen and oxygen atoms in total. The molecule has 0 bridgehead atoms. The average Bonchev–Trinajstić information content (AvgIpc) is 2.21. The van der Waals surface area contributed by atoms with E-state index < -0.39 is 0 Å². The van der Waals surface area contributed by atoms with Gasteiger partial charge in [0.25, 0.3) is 0 Å². The van der Waals surface area contributed by atoms with E-state index in [1.54, 1.807) is 6.07 Å². The second-order valence-electron chi connectivity index (χ2n) is 3.14. The molecule has 0 aromatic heterocycles. The second kappa shape index (κ2) is 9.02. The largest absolute Gasteiger partial charge is 1.00 e. The molecule has 0 saturated carbocycles. The predicted molar refractivity (Wildman–Crippen MR) is 60.4 cm³/mol. The number of rotatable bonds is 5. The minimum Gasteiger partial charge on any atom is -1.00 e. The minimum absolute atomic E-state index is 0. The SMILES string of the molecule is CCCC(=O)ONCc1ccccc1Cl.[H-].[Na+]. The minimum atomic E-state index is -0.246.